The van der Waals surface area contributed by atoms with Gasteiger partial charge in [0.1, 0.15) is 17.2 Å². The lowest BCUT2D eigenvalue weighted by Gasteiger charge is -2.13. The van der Waals surface area contributed by atoms with Gasteiger partial charge in [-0.15, -0.1) is 0 Å². The zero-order valence-electron chi connectivity index (χ0n) is 11.0. The molecule has 0 unspecified atom stereocenters. The van der Waals surface area contributed by atoms with Gasteiger partial charge < -0.3 is 4.84 Å². The standard InChI is InChI=1S/C13H13F2NO3S/c1-8(12-9(14)5-4-6-10(12)15)20(17,18)11-7-13(2,3)19-16-11/h4-6H,1,7H2,2-3H3. The molecular weight excluding hydrogens is 288 g/mol. The molecule has 0 fully saturated rings. The Bertz CT molecular complexity index is 688. The van der Waals surface area contributed by atoms with E-state index in [0.29, 0.717) is 0 Å². The molecule has 0 amide bonds. The topological polar surface area (TPSA) is 55.7 Å². The van der Waals surface area contributed by atoms with E-state index in [0.717, 1.165) is 18.2 Å². The molecule has 1 heterocycles. The van der Waals surface area contributed by atoms with Crippen LogP contribution >= 0.6 is 0 Å². The van der Waals surface area contributed by atoms with E-state index in [-0.39, 0.29) is 11.5 Å². The van der Waals surface area contributed by atoms with Gasteiger partial charge in [0.2, 0.25) is 9.84 Å². The van der Waals surface area contributed by atoms with Gasteiger partial charge in [0.15, 0.2) is 5.04 Å². The summed E-state index contributed by atoms with van der Waals surface area (Å²) >= 11 is 0. The maximum absolute atomic E-state index is 13.6. The first kappa shape index (κ1) is 14.6. The molecule has 1 aromatic carbocycles. The smallest absolute Gasteiger partial charge is 0.223 e. The van der Waals surface area contributed by atoms with E-state index < -0.39 is 37.5 Å². The fourth-order valence-corrected chi connectivity index (χ4v) is 3.21. The van der Waals surface area contributed by atoms with Crippen LogP contribution < -0.4 is 0 Å². The Morgan fingerprint density at radius 2 is 1.90 bits per heavy atom. The molecule has 7 heteroatoms. The number of hydrogen-bond donors (Lipinski definition) is 0. The lowest BCUT2D eigenvalue weighted by Crippen LogP contribution is -2.23. The van der Waals surface area contributed by atoms with Crippen molar-refractivity contribution in [1.82, 2.24) is 0 Å². The second kappa shape index (κ2) is 4.66. The van der Waals surface area contributed by atoms with E-state index >= 15 is 0 Å². The summed E-state index contributed by atoms with van der Waals surface area (Å²) in [6, 6.07) is 3.08. The minimum absolute atomic E-state index is 0.0183. The van der Waals surface area contributed by atoms with Crippen molar-refractivity contribution in [3.63, 3.8) is 0 Å². The molecule has 1 aliphatic heterocycles. The first-order valence-corrected chi connectivity index (χ1v) is 7.27. The fraction of sp³-hybridized carbons (Fsp3) is 0.308. The molecule has 4 nitrogen and oxygen atoms in total. The Labute approximate surface area is 115 Å². The molecule has 0 bridgehead atoms. The van der Waals surface area contributed by atoms with Gasteiger partial charge in [0, 0.05) is 6.42 Å². The quantitative estimate of drug-likeness (QED) is 0.844. The molecule has 0 spiro atoms. The first-order valence-electron chi connectivity index (χ1n) is 5.78. The molecule has 20 heavy (non-hydrogen) atoms. The Morgan fingerprint density at radius 1 is 1.35 bits per heavy atom. The summed E-state index contributed by atoms with van der Waals surface area (Å²) in [7, 11) is -4.16. The molecule has 0 aliphatic carbocycles. The minimum Gasteiger partial charge on any atom is -0.389 e. The van der Waals surface area contributed by atoms with Crippen molar-refractivity contribution in [2.45, 2.75) is 25.9 Å². The van der Waals surface area contributed by atoms with Crippen LogP contribution in [-0.4, -0.2) is 19.1 Å². The number of benzene rings is 1. The van der Waals surface area contributed by atoms with Crippen LogP contribution in [-0.2, 0) is 14.7 Å². The fourth-order valence-electron chi connectivity index (χ4n) is 1.79. The van der Waals surface area contributed by atoms with Crippen molar-refractivity contribution in [1.29, 1.82) is 0 Å². The van der Waals surface area contributed by atoms with Crippen LogP contribution in [0.1, 0.15) is 25.8 Å². The van der Waals surface area contributed by atoms with E-state index in [9.17, 15) is 17.2 Å². The summed E-state index contributed by atoms with van der Waals surface area (Å²) in [6.45, 7) is 6.62. The SMILES string of the molecule is C=C(c1c(F)cccc1F)S(=O)(=O)C1=NOC(C)(C)C1. The van der Waals surface area contributed by atoms with E-state index in [2.05, 4.69) is 11.7 Å². The first-order chi connectivity index (χ1) is 9.15. The van der Waals surface area contributed by atoms with Gasteiger partial charge >= 0.3 is 0 Å². The van der Waals surface area contributed by atoms with Gasteiger partial charge in [-0.3, -0.25) is 0 Å². The lowest BCUT2D eigenvalue weighted by molar-refractivity contribution is 0.0123. The molecule has 2 rings (SSSR count). The lowest BCUT2D eigenvalue weighted by atomic mass is 10.1. The van der Waals surface area contributed by atoms with Crippen molar-refractivity contribution in [3.05, 3.63) is 42.0 Å². The normalized spacial score (nSPS) is 17.5. The third-order valence-corrected chi connectivity index (χ3v) is 4.54. The average Bonchev–Trinajstić information content (AvgIpc) is 2.70. The predicted molar refractivity (Wildman–Crippen MR) is 71.5 cm³/mol. The van der Waals surface area contributed by atoms with Crippen LogP contribution in [0.4, 0.5) is 8.78 Å². The highest BCUT2D eigenvalue weighted by atomic mass is 32.2. The maximum Gasteiger partial charge on any atom is 0.223 e. The summed E-state index contributed by atoms with van der Waals surface area (Å²) in [6.07, 6.45) is 0.0183. The van der Waals surface area contributed by atoms with E-state index in [1.807, 2.05) is 0 Å². The van der Waals surface area contributed by atoms with E-state index in [1.165, 1.54) is 0 Å². The molecule has 0 radical (unpaired) electrons. The summed E-state index contributed by atoms with van der Waals surface area (Å²) in [5, 5.41) is 3.21. The number of halogens is 2. The average molecular weight is 301 g/mol. The highest BCUT2D eigenvalue weighted by molar-refractivity contribution is 8.14. The highest BCUT2D eigenvalue weighted by Crippen LogP contribution is 2.32. The Morgan fingerprint density at radius 3 is 2.35 bits per heavy atom. The molecule has 108 valence electrons. The second-order valence-corrected chi connectivity index (χ2v) is 7.01. The molecule has 0 aromatic heterocycles. The van der Waals surface area contributed by atoms with Gasteiger partial charge in [-0.1, -0.05) is 17.8 Å². The number of sulfone groups is 1. The molecule has 1 aliphatic rings. The van der Waals surface area contributed by atoms with Crippen LogP contribution in [0.2, 0.25) is 0 Å². The molecule has 1 aromatic rings. The summed E-state index contributed by atoms with van der Waals surface area (Å²) < 4.78 is 51.8. The minimum atomic E-state index is -4.16. The summed E-state index contributed by atoms with van der Waals surface area (Å²) in [4.78, 5) is 4.31. The van der Waals surface area contributed by atoms with Gasteiger partial charge in [-0.05, 0) is 26.0 Å². The van der Waals surface area contributed by atoms with Crippen molar-refractivity contribution in [3.8, 4) is 0 Å². The number of hydrogen-bond acceptors (Lipinski definition) is 4. The Hall–Kier alpha value is -1.76. The van der Waals surface area contributed by atoms with Crippen LogP contribution in [0.15, 0.2) is 29.9 Å². The van der Waals surface area contributed by atoms with Gasteiger partial charge in [0.05, 0.1) is 10.5 Å². The van der Waals surface area contributed by atoms with Crippen LogP contribution in [0.3, 0.4) is 0 Å². The summed E-state index contributed by atoms with van der Waals surface area (Å²) in [5.74, 6) is -1.98. The molecule has 0 atom stereocenters. The van der Waals surface area contributed by atoms with E-state index in [4.69, 9.17) is 4.84 Å². The van der Waals surface area contributed by atoms with Gasteiger partial charge in [-0.25, -0.2) is 17.2 Å². The Balaban J connectivity index is 2.44. The highest BCUT2D eigenvalue weighted by Gasteiger charge is 2.38. The summed E-state index contributed by atoms with van der Waals surface area (Å²) in [5.41, 5.74) is -1.43. The molecule has 0 saturated heterocycles. The van der Waals surface area contributed by atoms with Crippen LogP contribution in [0, 0.1) is 11.6 Å². The Kier molecular flexibility index (Phi) is 3.41. The predicted octanol–water partition coefficient (Wildman–Crippen LogP) is 2.86. The third-order valence-electron chi connectivity index (χ3n) is 2.85. The number of rotatable bonds is 2. The van der Waals surface area contributed by atoms with Crippen molar-refractivity contribution in [2.75, 3.05) is 0 Å². The van der Waals surface area contributed by atoms with Gasteiger partial charge in [-0.2, -0.15) is 0 Å². The zero-order valence-corrected chi connectivity index (χ0v) is 11.8. The largest absolute Gasteiger partial charge is 0.389 e. The van der Waals surface area contributed by atoms with Crippen molar-refractivity contribution in [2.24, 2.45) is 5.16 Å². The number of nitrogens with zero attached hydrogens (tertiary/aromatic N) is 1. The van der Waals surface area contributed by atoms with Crippen molar-refractivity contribution < 1.29 is 22.0 Å². The van der Waals surface area contributed by atoms with Gasteiger partial charge in [0.25, 0.3) is 0 Å². The molecule has 0 saturated carbocycles. The zero-order chi connectivity index (χ0) is 15.1. The maximum atomic E-state index is 13.6. The monoisotopic (exact) mass is 301 g/mol. The third kappa shape index (κ3) is 2.45. The van der Waals surface area contributed by atoms with Crippen LogP contribution in [0.25, 0.3) is 4.91 Å². The van der Waals surface area contributed by atoms with Crippen LogP contribution in [0.5, 0.6) is 0 Å². The molecule has 0 N–H and O–H groups in total. The second-order valence-electron chi connectivity index (χ2n) is 5.04. The van der Waals surface area contributed by atoms with E-state index in [1.54, 1.807) is 13.8 Å². The number of oxime groups is 1. The molecular formula is C13H13F2NO3S. The van der Waals surface area contributed by atoms with Crippen molar-refractivity contribution >= 4 is 19.8 Å².